The Balaban J connectivity index is 1.66. The Hall–Kier alpha value is -2.67. The number of carbonyl (C=O) groups is 1. The van der Waals surface area contributed by atoms with Crippen molar-refractivity contribution in [3.8, 4) is 5.75 Å². The van der Waals surface area contributed by atoms with Crippen molar-refractivity contribution in [1.82, 2.24) is 14.9 Å². The van der Waals surface area contributed by atoms with Crippen LogP contribution in [0.4, 0.5) is 5.82 Å². The number of nitrogens with zero attached hydrogens (tertiary/aromatic N) is 4. The molecule has 0 aliphatic carbocycles. The molecule has 0 saturated carbocycles. The van der Waals surface area contributed by atoms with Gasteiger partial charge in [-0.05, 0) is 38.1 Å². The number of aromatic hydroxyl groups is 1. The largest absolute Gasteiger partial charge is 0.506 e. The molecule has 138 valence electrons. The molecule has 7 heteroatoms. The number of hydrogen-bond donors (Lipinski definition) is 1. The van der Waals surface area contributed by atoms with Gasteiger partial charge in [-0.25, -0.2) is 9.78 Å². The monoisotopic (exact) mass is 356 g/mol. The Morgan fingerprint density at radius 1 is 1.23 bits per heavy atom. The van der Waals surface area contributed by atoms with Gasteiger partial charge in [-0.15, -0.1) is 0 Å². The predicted octanol–water partition coefficient (Wildman–Crippen LogP) is 1.99. The van der Waals surface area contributed by atoms with Crippen molar-refractivity contribution in [3.63, 3.8) is 0 Å². The summed E-state index contributed by atoms with van der Waals surface area (Å²) in [7, 11) is 0. The van der Waals surface area contributed by atoms with E-state index in [9.17, 15) is 9.90 Å². The van der Waals surface area contributed by atoms with Crippen LogP contribution in [0.1, 0.15) is 28.7 Å². The lowest BCUT2D eigenvalue weighted by atomic mass is 10.2. The van der Waals surface area contributed by atoms with E-state index >= 15 is 0 Å². The minimum atomic E-state index is -0.341. The van der Waals surface area contributed by atoms with Crippen LogP contribution in [0.5, 0.6) is 5.75 Å². The summed E-state index contributed by atoms with van der Waals surface area (Å²) in [6.07, 6.45) is 1.69. The molecule has 1 aliphatic heterocycles. The number of pyridine rings is 2. The second-order valence-electron chi connectivity index (χ2n) is 6.28. The molecule has 0 amide bonds. The molecule has 1 fully saturated rings. The van der Waals surface area contributed by atoms with Gasteiger partial charge in [-0.2, -0.15) is 0 Å². The third-order valence-electron chi connectivity index (χ3n) is 4.42. The smallest absolute Gasteiger partial charge is 0.341 e. The van der Waals surface area contributed by atoms with E-state index in [-0.39, 0.29) is 11.7 Å². The SMILES string of the molecule is CCOC(=O)c1cccnc1N1CCN(Cc2nc(C)ccc2O)CC1. The molecular formula is C19H24N4O3. The van der Waals surface area contributed by atoms with E-state index in [2.05, 4.69) is 19.8 Å². The summed E-state index contributed by atoms with van der Waals surface area (Å²) >= 11 is 0. The number of ether oxygens (including phenoxy) is 1. The molecule has 7 nitrogen and oxygen atoms in total. The highest BCUT2D eigenvalue weighted by Gasteiger charge is 2.23. The topological polar surface area (TPSA) is 78.8 Å². The number of carbonyl (C=O) groups excluding carboxylic acids is 1. The molecule has 3 rings (SSSR count). The van der Waals surface area contributed by atoms with Crippen LogP contribution in [0.15, 0.2) is 30.5 Å². The van der Waals surface area contributed by atoms with Gasteiger partial charge in [-0.3, -0.25) is 9.88 Å². The predicted molar refractivity (Wildman–Crippen MR) is 98.3 cm³/mol. The number of hydrogen-bond acceptors (Lipinski definition) is 7. The highest BCUT2D eigenvalue weighted by atomic mass is 16.5. The van der Waals surface area contributed by atoms with E-state index in [0.29, 0.717) is 30.2 Å². The van der Waals surface area contributed by atoms with Crippen LogP contribution in [0.3, 0.4) is 0 Å². The van der Waals surface area contributed by atoms with Crippen molar-refractivity contribution in [2.24, 2.45) is 0 Å². The van der Waals surface area contributed by atoms with E-state index < -0.39 is 0 Å². The quantitative estimate of drug-likeness (QED) is 0.821. The van der Waals surface area contributed by atoms with Gasteiger partial charge in [0.05, 0.1) is 12.3 Å². The molecule has 2 aromatic rings. The van der Waals surface area contributed by atoms with Gasteiger partial charge >= 0.3 is 5.97 Å². The molecule has 0 bridgehead atoms. The maximum absolute atomic E-state index is 12.1. The zero-order chi connectivity index (χ0) is 18.5. The molecule has 3 heterocycles. The molecule has 26 heavy (non-hydrogen) atoms. The van der Waals surface area contributed by atoms with Crippen LogP contribution in [0.25, 0.3) is 0 Å². The summed E-state index contributed by atoms with van der Waals surface area (Å²) in [5.41, 5.74) is 2.09. The molecule has 0 unspecified atom stereocenters. The third-order valence-corrected chi connectivity index (χ3v) is 4.42. The third kappa shape index (κ3) is 4.11. The fraction of sp³-hybridized carbons (Fsp3) is 0.421. The maximum Gasteiger partial charge on any atom is 0.341 e. The van der Waals surface area contributed by atoms with Crippen LogP contribution in [0, 0.1) is 6.92 Å². The first-order chi connectivity index (χ1) is 12.6. The van der Waals surface area contributed by atoms with Crippen LogP contribution in [0.2, 0.25) is 0 Å². The average Bonchev–Trinajstić information content (AvgIpc) is 2.65. The fourth-order valence-corrected chi connectivity index (χ4v) is 3.07. The van der Waals surface area contributed by atoms with Crippen LogP contribution < -0.4 is 4.90 Å². The average molecular weight is 356 g/mol. The summed E-state index contributed by atoms with van der Waals surface area (Å²) in [6.45, 7) is 7.75. The zero-order valence-corrected chi connectivity index (χ0v) is 15.2. The minimum Gasteiger partial charge on any atom is -0.506 e. The first-order valence-corrected chi connectivity index (χ1v) is 8.83. The van der Waals surface area contributed by atoms with Crippen LogP contribution in [-0.2, 0) is 11.3 Å². The zero-order valence-electron chi connectivity index (χ0n) is 15.2. The number of piperazine rings is 1. The van der Waals surface area contributed by atoms with Gasteiger partial charge < -0.3 is 14.7 Å². The molecule has 0 aromatic carbocycles. The number of aromatic nitrogens is 2. The molecule has 2 aromatic heterocycles. The lowest BCUT2D eigenvalue weighted by Crippen LogP contribution is -2.46. The number of anilines is 1. The molecule has 1 saturated heterocycles. The Morgan fingerprint density at radius 3 is 2.73 bits per heavy atom. The summed E-state index contributed by atoms with van der Waals surface area (Å²) in [5, 5.41) is 9.98. The summed E-state index contributed by atoms with van der Waals surface area (Å²) in [5.74, 6) is 0.557. The van der Waals surface area contributed by atoms with Crippen molar-refractivity contribution in [1.29, 1.82) is 0 Å². The standard InChI is InChI=1S/C19H24N4O3/c1-3-26-19(25)15-5-4-8-20-18(15)23-11-9-22(10-12-23)13-16-17(24)7-6-14(2)21-16/h4-8,24H,3,9-13H2,1-2H3. The molecule has 0 atom stereocenters. The highest BCUT2D eigenvalue weighted by Crippen LogP contribution is 2.22. The molecule has 1 aliphatic rings. The lowest BCUT2D eigenvalue weighted by molar-refractivity contribution is 0.0526. The number of esters is 1. The summed E-state index contributed by atoms with van der Waals surface area (Å²) < 4.78 is 5.13. The number of aryl methyl sites for hydroxylation is 1. The molecule has 1 N–H and O–H groups in total. The number of rotatable bonds is 5. The van der Waals surface area contributed by atoms with Crippen molar-refractivity contribution in [2.75, 3.05) is 37.7 Å². The fourth-order valence-electron chi connectivity index (χ4n) is 3.07. The molecular weight excluding hydrogens is 332 g/mol. The maximum atomic E-state index is 12.1. The van der Waals surface area contributed by atoms with E-state index in [0.717, 1.165) is 31.9 Å². The van der Waals surface area contributed by atoms with E-state index in [1.165, 1.54) is 0 Å². The Labute approximate surface area is 153 Å². The molecule has 0 spiro atoms. The van der Waals surface area contributed by atoms with Gasteiger partial charge in [-0.1, -0.05) is 0 Å². The van der Waals surface area contributed by atoms with Gasteiger partial charge in [0, 0.05) is 44.6 Å². The van der Waals surface area contributed by atoms with Crippen molar-refractivity contribution < 1.29 is 14.6 Å². The van der Waals surface area contributed by atoms with Gasteiger partial charge in [0.15, 0.2) is 0 Å². The van der Waals surface area contributed by atoms with Crippen LogP contribution >= 0.6 is 0 Å². The van der Waals surface area contributed by atoms with Gasteiger partial charge in [0.2, 0.25) is 0 Å². The molecule has 0 radical (unpaired) electrons. The van der Waals surface area contributed by atoms with E-state index in [1.807, 2.05) is 6.92 Å². The second-order valence-corrected chi connectivity index (χ2v) is 6.28. The highest BCUT2D eigenvalue weighted by molar-refractivity contribution is 5.94. The minimum absolute atomic E-state index is 0.229. The summed E-state index contributed by atoms with van der Waals surface area (Å²) in [6, 6.07) is 6.99. The Bertz CT molecular complexity index is 773. The normalized spacial score (nSPS) is 15.1. The van der Waals surface area contributed by atoms with E-state index in [4.69, 9.17) is 4.74 Å². The van der Waals surface area contributed by atoms with Crippen molar-refractivity contribution >= 4 is 11.8 Å². The van der Waals surface area contributed by atoms with Gasteiger partial charge in [0.25, 0.3) is 0 Å². The first kappa shape index (κ1) is 18.1. The first-order valence-electron chi connectivity index (χ1n) is 8.83. The lowest BCUT2D eigenvalue weighted by Gasteiger charge is -2.35. The van der Waals surface area contributed by atoms with Crippen molar-refractivity contribution in [2.45, 2.75) is 20.4 Å². The van der Waals surface area contributed by atoms with Gasteiger partial charge in [0.1, 0.15) is 17.1 Å². The Morgan fingerprint density at radius 2 is 2.00 bits per heavy atom. The summed E-state index contributed by atoms with van der Waals surface area (Å²) in [4.78, 5) is 25.3. The second kappa shape index (κ2) is 8.14. The van der Waals surface area contributed by atoms with Crippen LogP contribution in [-0.4, -0.2) is 58.7 Å². The van der Waals surface area contributed by atoms with E-state index in [1.54, 1.807) is 37.4 Å². The van der Waals surface area contributed by atoms with Crippen molar-refractivity contribution in [3.05, 3.63) is 47.4 Å². The Kier molecular flexibility index (Phi) is 5.68.